The number of hydrogen-bond donors (Lipinski definition) is 1. The van der Waals surface area contributed by atoms with Gasteiger partial charge in [-0.15, -0.1) is 0 Å². The zero-order chi connectivity index (χ0) is 22.6. The molecule has 1 aliphatic rings. The van der Waals surface area contributed by atoms with Gasteiger partial charge in [-0.3, -0.25) is 5.01 Å². The molecule has 0 saturated carbocycles. The summed E-state index contributed by atoms with van der Waals surface area (Å²) in [6.45, 7) is 2.50. The Labute approximate surface area is 192 Å². The van der Waals surface area contributed by atoms with Crippen molar-refractivity contribution in [3.63, 3.8) is 0 Å². The maximum atomic E-state index is 9.64. The number of aromatic nitrogens is 2. The van der Waals surface area contributed by atoms with Crippen LogP contribution < -0.4 is 10.4 Å². The number of benzene rings is 3. The van der Waals surface area contributed by atoms with Gasteiger partial charge in [0, 0.05) is 23.5 Å². The molecular weight excluding hydrogens is 408 g/mol. The van der Waals surface area contributed by atoms with Gasteiger partial charge in [-0.1, -0.05) is 66.2 Å². The molecule has 6 heteroatoms. The molecule has 0 bridgehead atoms. The van der Waals surface area contributed by atoms with Gasteiger partial charge in [-0.25, -0.2) is 15.1 Å². The molecular formula is C27H22N6. The summed E-state index contributed by atoms with van der Waals surface area (Å²) in [4.78, 5) is 4.75. The summed E-state index contributed by atoms with van der Waals surface area (Å²) in [6.07, 6.45) is 3.76. The Morgan fingerprint density at radius 1 is 0.939 bits per heavy atom. The molecule has 6 nitrogen and oxygen atoms in total. The lowest BCUT2D eigenvalue weighted by molar-refractivity contribution is 0.786. The first-order valence-electron chi connectivity index (χ1n) is 10.7. The summed E-state index contributed by atoms with van der Waals surface area (Å²) in [7, 11) is 0. The molecule has 2 heterocycles. The number of hydrogen-bond acceptors (Lipinski definition) is 5. The highest BCUT2D eigenvalue weighted by Crippen LogP contribution is 2.26. The van der Waals surface area contributed by atoms with E-state index in [0.29, 0.717) is 17.9 Å². The molecule has 0 unspecified atom stereocenters. The number of nitrogens with zero attached hydrogens (tertiary/aromatic N) is 5. The minimum atomic E-state index is 0.437. The van der Waals surface area contributed by atoms with Gasteiger partial charge in [-0.2, -0.15) is 10.4 Å². The molecule has 0 spiro atoms. The number of aryl methyl sites for hydroxylation is 1. The third-order valence-corrected chi connectivity index (χ3v) is 5.46. The van der Waals surface area contributed by atoms with Gasteiger partial charge in [0.2, 0.25) is 0 Å². The van der Waals surface area contributed by atoms with Crippen LogP contribution in [-0.2, 0) is 0 Å². The molecule has 0 radical (unpaired) electrons. The maximum Gasteiger partial charge on any atom is 0.162 e. The molecule has 1 aromatic heterocycles. The second-order valence-corrected chi connectivity index (χ2v) is 7.76. The molecule has 4 aromatic rings. The predicted molar refractivity (Wildman–Crippen MR) is 131 cm³/mol. The van der Waals surface area contributed by atoms with Crippen molar-refractivity contribution in [3.05, 3.63) is 114 Å². The first-order valence-corrected chi connectivity index (χ1v) is 10.7. The molecule has 0 atom stereocenters. The maximum absolute atomic E-state index is 9.64. The van der Waals surface area contributed by atoms with Crippen LogP contribution in [0, 0.1) is 18.3 Å². The first kappa shape index (κ1) is 20.4. The van der Waals surface area contributed by atoms with Crippen molar-refractivity contribution in [2.24, 2.45) is 4.99 Å². The Morgan fingerprint density at radius 2 is 1.64 bits per heavy atom. The van der Waals surface area contributed by atoms with Gasteiger partial charge in [0.05, 0.1) is 23.5 Å². The standard InChI is InChI=1S/C27H22N6/c1-20-12-14-24(15-13-20)32-19-23(26(31-32)21-8-4-2-5-9-21)17-29-27-22(16-28)18-30-33(27)25-10-6-3-7-11-25/h2-15,17,19,30H,18H2,1H3. The fourth-order valence-electron chi connectivity index (χ4n) is 3.73. The topological polar surface area (TPSA) is 69.2 Å². The van der Waals surface area contributed by atoms with Crippen LogP contribution in [0.1, 0.15) is 11.1 Å². The van der Waals surface area contributed by atoms with Gasteiger partial charge in [-0.05, 0) is 31.2 Å². The average Bonchev–Trinajstić information content (AvgIpc) is 3.48. The first-order chi connectivity index (χ1) is 16.2. The van der Waals surface area contributed by atoms with E-state index >= 15 is 0 Å². The number of rotatable bonds is 5. The van der Waals surface area contributed by atoms with Gasteiger partial charge < -0.3 is 0 Å². The van der Waals surface area contributed by atoms with Gasteiger partial charge in [0.15, 0.2) is 5.82 Å². The molecule has 0 fully saturated rings. The molecule has 1 N–H and O–H groups in total. The highest BCUT2D eigenvalue weighted by molar-refractivity contribution is 5.89. The van der Waals surface area contributed by atoms with Crippen LogP contribution in [0.5, 0.6) is 0 Å². The quantitative estimate of drug-likeness (QED) is 0.451. The summed E-state index contributed by atoms with van der Waals surface area (Å²) in [5.41, 5.74) is 9.63. The van der Waals surface area contributed by atoms with E-state index in [0.717, 1.165) is 28.2 Å². The lowest BCUT2D eigenvalue weighted by Gasteiger charge is -2.19. The van der Waals surface area contributed by atoms with E-state index < -0.39 is 0 Å². The van der Waals surface area contributed by atoms with E-state index in [1.807, 2.05) is 88.7 Å². The summed E-state index contributed by atoms with van der Waals surface area (Å²) >= 11 is 0. The van der Waals surface area contributed by atoms with Crippen molar-refractivity contribution in [1.29, 1.82) is 5.26 Å². The Morgan fingerprint density at radius 3 is 2.33 bits per heavy atom. The number of nitrogens with one attached hydrogen (secondary N) is 1. The Balaban J connectivity index is 1.56. The van der Waals surface area contributed by atoms with E-state index in [4.69, 9.17) is 10.1 Å². The smallest absolute Gasteiger partial charge is 0.162 e. The minimum absolute atomic E-state index is 0.437. The molecule has 0 saturated heterocycles. The third-order valence-electron chi connectivity index (χ3n) is 5.46. The zero-order valence-electron chi connectivity index (χ0n) is 18.2. The molecule has 3 aromatic carbocycles. The van der Waals surface area contributed by atoms with Crippen molar-refractivity contribution in [2.75, 3.05) is 11.6 Å². The van der Waals surface area contributed by atoms with Crippen LogP contribution in [0.2, 0.25) is 0 Å². The van der Waals surface area contributed by atoms with Crippen molar-refractivity contribution in [2.45, 2.75) is 6.92 Å². The monoisotopic (exact) mass is 430 g/mol. The van der Waals surface area contributed by atoms with Crippen LogP contribution in [-0.4, -0.2) is 22.5 Å². The number of nitriles is 1. The minimum Gasteiger partial charge on any atom is -0.258 e. The molecule has 33 heavy (non-hydrogen) atoms. The molecule has 5 rings (SSSR count). The van der Waals surface area contributed by atoms with Crippen molar-refractivity contribution in [3.8, 4) is 23.0 Å². The number of hydrazine groups is 1. The number of aliphatic imine (C=N–C) groups is 1. The van der Waals surface area contributed by atoms with E-state index in [-0.39, 0.29) is 0 Å². The fourth-order valence-corrected chi connectivity index (χ4v) is 3.73. The van der Waals surface area contributed by atoms with Gasteiger partial charge in [0.1, 0.15) is 11.8 Å². The van der Waals surface area contributed by atoms with Crippen LogP contribution >= 0.6 is 0 Å². The van der Waals surface area contributed by atoms with Crippen LogP contribution in [0.4, 0.5) is 5.69 Å². The van der Waals surface area contributed by atoms with Gasteiger partial charge >= 0.3 is 0 Å². The van der Waals surface area contributed by atoms with Crippen molar-refractivity contribution >= 4 is 11.9 Å². The lowest BCUT2D eigenvalue weighted by atomic mass is 10.1. The zero-order valence-corrected chi connectivity index (χ0v) is 18.2. The Kier molecular flexibility index (Phi) is 5.54. The molecule has 160 valence electrons. The molecule has 0 amide bonds. The van der Waals surface area contributed by atoms with Crippen LogP contribution in [0.15, 0.2) is 108 Å². The second-order valence-electron chi connectivity index (χ2n) is 7.76. The number of para-hydroxylation sites is 1. The normalized spacial score (nSPS) is 13.6. The highest BCUT2D eigenvalue weighted by atomic mass is 15.6. The summed E-state index contributed by atoms with van der Waals surface area (Å²) < 4.78 is 1.87. The summed E-state index contributed by atoms with van der Waals surface area (Å²) in [6, 6.07) is 30.4. The van der Waals surface area contributed by atoms with Crippen molar-refractivity contribution in [1.82, 2.24) is 15.2 Å². The average molecular weight is 431 g/mol. The fraction of sp³-hybridized carbons (Fsp3) is 0.0741. The Bertz CT molecular complexity index is 1360. The van der Waals surface area contributed by atoms with E-state index in [2.05, 4.69) is 30.6 Å². The summed E-state index contributed by atoms with van der Waals surface area (Å²) in [5.74, 6) is 0.589. The van der Waals surface area contributed by atoms with E-state index in [9.17, 15) is 5.26 Å². The largest absolute Gasteiger partial charge is 0.258 e. The molecule has 0 aliphatic carbocycles. The molecule has 1 aliphatic heterocycles. The van der Waals surface area contributed by atoms with E-state index in [1.165, 1.54) is 5.56 Å². The third kappa shape index (κ3) is 4.18. The number of anilines is 1. The Hall–Kier alpha value is -4.47. The summed E-state index contributed by atoms with van der Waals surface area (Å²) in [5, 5.41) is 16.3. The SMILES string of the molecule is Cc1ccc(-n2cc(C=NC3=C(C#N)CNN3c3ccccc3)c(-c3ccccc3)n2)cc1. The highest BCUT2D eigenvalue weighted by Gasteiger charge is 2.23. The van der Waals surface area contributed by atoms with Crippen LogP contribution in [0.25, 0.3) is 16.9 Å². The lowest BCUT2D eigenvalue weighted by Crippen LogP contribution is -2.31. The second kappa shape index (κ2) is 8.95. The predicted octanol–water partition coefficient (Wildman–Crippen LogP) is 5.03. The van der Waals surface area contributed by atoms with Gasteiger partial charge in [0.25, 0.3) is 0 Å². The van der Waals surface area contributed by atoms with E-state index in [1.54, 1.807) is 6.21 Å². The van der Waals surface area contributed by atoms with Crippen molar-refractivity contribution < 1.29 is 0 Å². The van der Waals surface area contributed by atoms with Crippen LogP contribution in [0.3, 0.4) is 0 Å².